The van der Waals surface area contributed by atoms with Crippen molar-refractivity contribution in [1.29, 1.82) is 0 Å². The van der Waals surface area contributed by atoms with Crippen molar-refractivity contribution in [2.45, 2.75) is 25.4 Å². The van der Waals surface area contributed by atoms with Crippen molar-refractivity contribution in [3.63, 3.8) is 0 Å². The van der Waals surface area contributed by atoms with Gasteiger partial charge in [0.1, 0.15) is 42.0 Å². The molecule has 6 rings (SSSR count). The van der Waals surface area contributed by atoms with Gasteiger partial charge in [-0.15, -0.1) is 0 Å². The molecule has 0 spiro atoms. The van der Waals surface area contributed by atoms with Crippen LogP contribution in [0.1, 0.15) is 12.0 Å². The van der Waals surface area contributed by atoms with Gasteiger partial charge >= 0.3 is 0 Å². The molecule has 3 aromatic heterocycles. The van der Waals surface area contributed by atoms with Crippen molar-refractivity contribution in [3.05, 3.63) is 60.9 Å². The van der Waals surface area contributed by atoms with Crippen LogP contribution in [0, 0.1) is 6.92 Å². The summed E-state index contributed by atoms with van der Waals surface area (Å²) in [5, 5.41) is 7.79. The molecule has 4 heterocycles. The van der Waals surface area contributed by atoms with E-state index >= 15 is 0 Å². The van der Waals surface area contributed by atoms with Gasteiger partial charge in [-0.2, -0.15) is 5.10 Å². The average molecular weight is 549 g/mol. The third-order valence-corrected chi connectivity index (χ3v) is 6.70. The maximum atomic E-state index is 14.9. The summed E-state index contributed by atoms with van der Waals surface area (Å²) in [7, 11) is 3.17. The lowest BCUT2D eigenvalue weighted by Crippen LogP contribution is -2.52. The molecule has 13 heteroatoms. The summed E-state index contributed by atoms with van der Waals surface area (Å²) in [6, 6.07) is 10.5. The molecule has 1 N–H and O–H groups in total. The Kier molecular flexibility index (Phi) is 6.50. The molecule has 1 saturated heterocycles. The Morgan fingerprint density at radius 1 is 1.02 bits per heavy atom. The predicted octanol–water partition coefficient (Wildman–Crippen LogP) is 4.64. The number of aromatic nitrogens is 6. The van der Waals surface area contributed by atoms with Crippen LogP contribution in [0.15, 0.2) is 55.4 Å². The minimum atomic E-state index is -3.02. The number of piperidine rings is 1. The van der Waals surface area contributed by atoms with Gasteiger partial charge in [-0.05, 0) is 37.7 Å². The van der Waals surface area contributed by atoms with Gasteiger partial charge in [0.05, 0.1) is 24.6 Å². The van der Waals surface area contributed by atoms with E-state index in [2.05, 4.69) is 30.4 Å². The van der Waals surface area contributed by atoms with Crippen LogP contribution in [0.2, 0.25) is 0 Å². The van der Waals surface area contributed by atoms with E-state index in [1.807, 2.05) is 19.1 Å². The summed E-state index contributed by atoms with van der Waals surface area (Å²) in [6.45, 7) is 2.02. The molecule has 206 valence electrons. The number of aryl methyl sites for hydroxylation is 1. The second-order valence-corrected chi connectivity index (χ2v) is 9.63. The van der Waals surface area contributed by atoms with Crippen LogP contribution in [-0.4, -0.2) is 73.7 Å². The number of alkyl halides is 2. The molecular weight excluding hydrogens is 522 g/mol. The molecular formula is C27H26F2N8O3. The Labute approximate surface area is 227 Å². The van der Waals surface area contributed by atoms with Crippen LogP contribution in [0.3, 0.4) is 0 Å². The quantitative estimate of drug-likeness (QED) is 0.309. The number of ether oxygens (including phenoxy) is 3. The molecule has 0 aliphatic carbocycles. The van der Waals surface area contributed by atoms with Gasteiger partial charge in [0, 0.05) is 36.9 Å². The Morgan fingerprint density at radius 2 is 1.90 bits per heavy atom. The maximum Gasteiger partial charge on any atom is 0.296 e. The Hall–Kier alpha value is -4.65. The molecule has 1 fully saturated rings. The highest BCUT2D eigenvalue weighted by Crippen LogP contribution is 2.39. The standard InChI is InChI=1S/C27H26F2N8O3/c1-16-8-17(4-5-20(16)40-24-11-23-31-14-34-37(23)15-33-24)35-26-25-19(30-13-32-26)9-18(38-3)10-21(25)39-22-6-7-36(2)12-27(22,28)29/h4-5,8-11,13-15,22H,6-7,12H2,1-3H3,(H,30,32,35)/t22-/m1/s1. The van der Waals surface area contributed by atoms with E-state index < -0.39 is 12.0 Å². The van der Waals surface area contributed by atoms with E-state index in [9.17, 15) is 8.78 Å². The highest BCUT2D eigenvalue weighted by atomic mass is 19.3. The molecule has 2 aromatic carbocycles. The molecule has 40 heavy (non-hydrogen) atoms. The van der Waals surface area contributed by atoms with Crippen molar-refractivity contribution in [2.24, 2.45) is 0 Å². The first-order valence-electron chi connectivity index (χ1n) is 12.6. The van der Waals surface area contributed by atoms with Crippen LogP contribution in [0.5, 0.6) is 23.1 Å². The first-order valence-corrected chi connectivity index (χ1v) is 12.6. The second kappa shape index (κ2) is 10.2. The predicted molar refractivity (Wildman–Crippen MR) is 143 cm³/mol. The topological polar surface area (TPSA) is 112 Å². The summed E-state index contributed by atoms with van der Waals surface area (Å²) in [5.41, 5.74) is 2.65. The summed E-state index contributed by atoms with van der Waals surface area (Å²) in [5.74, 6) is -0.963. The lowest BCUT2D eigenvalue weighted by molar-refractivity contribution is -0.134. The Morgan fingerprint density at radius 3 is 2.70 bits per heavy atom. The van der Waals surface area contributed by atoms with E-state index in [1.54, 1.807) is 40.7 Å². The van der Waals surface area contributed by atoms with Gasteiger partial charge in [0.25, 0.3) is 5.92 Å². The summed E-state index contributed by atoms with van der Waals surface area (Å²) in [4.78, 5) is 18.7. The SMILES string of the molecule is COc1cc(O[C@@H]2CCN(C)CC2(F)F)c2c(Nc3ccc(Oc4cc5ncnn5cn4)c(C)c3)ncnc2c1. The molecule has 0 amide bonds. The molecule has 1 aliphatic rings. The first kappa shape index (κ1) is 25.6. The van der Waals surface area contributed by atoms with Crippen LogP contribution in [0.25, 0.3) is 16.6 Å². The number of halogens is 2. The van der Waals surface area contributed by atoms with E-state index in [4.69, 9.17) is 14.2 Å². The summed E-state index contributed by atoms with van der Waals surface area (Å²) in [6.07, 6.45) is 3.25. The smallest absolute Gasteiger partial charge is 0.296 e. The lowest BCUT2D eigenvalue weighted by Gasteiger charge is -2.36. The molecule has 11 nitrogen and oxygen atoms in total. The summed E-state index contributed by atoms with van der Waals surface area (Å²) < 4.78 is 48.6. The van der Waals surface area contributed by atoms with Crippen LogP contribution in [0.4, 0.5) is 20.3 Å². The molecule has 0 bridgehead atoms. The number of nitrogens with zero attached hydrogens (tertiary/aromatic N) is 7. The zero-order valence-corrected chi connectivity index (χ0v) is 22.0. The number of anilines is 2. The van der Waals surface area contributed by atoms with Gasteiger partial charge in [-0.25, -0.2) is 33.2 Å². The molecule has 5 aromatic rings. The maximum absolute atomic E-state index is 14.9. The highest BCUT2D eigenvalue weighted by molar-refractivity contribution is 5.96. The fourth-order valence-electron chi connectivity index (χ4n) is 4.68. The number of fused-ring (bicyclic) bond motifs is 2. The summed E-state index contributed by atoms with van der Waals surface area (Å²) >= 11 is 0. The van der Waals surface area contributed by atoms with Crippen molar-refractivity contribution >= 4 is 28.1 Å². The van der Waals surface area contributed by atoms with Gasteiger partial charge in [0.15, 0.2) is 11.8 Å². The Balaban J connectivity index is 1.30. The fourth-order valence-corrected chi connectivity index (χ4v) is 4.68. The minimum absolute atomic E-state index is 0.179. The van der Waals surface area contributed by atoms with Gasteiger partial charge in [-0.3, -0.25) is 0 Å². The largest absolute Gasteiger partial charge is 0.497 e. The van der Waals surface area contributed by atoms with Crippen molar-refractivity contribution in [3.8, 4) is 23.1 Å². The Bertz CT molecular complexity index is 1700. The average Bonchev–Trinajstić information content (AvgIpc) is 3.39. The van der Waals surface area contributed by atoms with Crippen LogP contribution < -0.4 is 19.5 Å². The van der Waals surface area contributed by atoms with Crippen molar-refractivity contribution in [1.82, 2.24) is 34.4 Å². The number of likely N-dealkylation sites (tertiary alicyclic amines) is 1. The molecule has 0 saturated carbocycles. The number of hydrogen-bond donors (Lipinski definition) is 1. The van der Waals surface area contributed by atoms with Crippen molar-refractivity contribution < 1.29 is 23.0 Å². The zero-order chi connectivity index (χ0) is 27.9. The number of nitrogens with one attached hydrogen (secondary N) is 1. The van der Waals surface area contributed by atoms with Crippen LogP contribution in [-0.2, 0) is 0 Å². The van der Waals surface area contributed by atoms with E-state index in [1.165, 1.54) is 26.1 Å². The van der Waals surface area contributed by atoms with E-state index in [0.717, 1.165) is 5.56 Å². The third kappa shape index (κ3) is 5.02. The van der Waals surface area contributed by atoms with E-state index in [-0.39, 0.29) is 18.7 Å². The number of hydrogen-bond acceptors (Lipinski definition) is 10. The molecule has 0 radical (unpaired) electrons. The van der Waals surface area contributed by atoms with Gasteiger partial charge < -0.3 is 24.4 Å². The number of methoxy groups -OCH3 is 1. The third-order valence-electron chi connectivity index (χ3n) is 6.70. The van der Waals surface area contributed by atoms with Crippen LogP contribution >= 0.6 is 0 Å². The van der Waals surface area contributed by atoms with E-state index in [0.29, 0.717) is 52.0 Å². The van der Waals surface area contributed by atoms with Gasteiger partial charge in [0.2, 0.25) is 5.88 Å². The number of benzene rings is 2. The molecule has 0 unspecified atom stereocenters. The van der Waals surface area contributed by atoms with Crippen molar-refractivity contribution in [2.75, 3.05) is 32.6 Å². The minimum Gasteiger partial charge on any atom is -0.497 e. The molecule has 1 atom stereocenters. The molecule has 1 aliphatic heterocycles. The highest BCUT2D eigenvalue weighted by Gasteiger charge is 2.45. The number of rotatable bonds is 7. The zero-order valence-electron chi connectivity index (χ0n) is 22.0. The lowest BCUT2D eigenvalue weighted by atomic mass is 10.0. The second-order valence-electron chi connectivity index (χ2n) is 9.63. The first-order chi connectivity index (χ1) is 19.3. The fraction of sp³-hybridized carbons (Fsp3) is 0.296. The normalized spacial score (nSPS) is 17.2. The van der Waals surface area contributed by atoms with Gasteiger partial charge in [-0.1, -0.05) is 0 Å². The monoisotopic (exact) mass is 548 g/mol.